The molecule has 5 aromatic rings. The van der Waals surface area contributed by atoms with E-state index in [2.05, 4.69) is 41.4 Å². The summed E-state index contributed by atoms with van der Waals surface area (Å²) < 4.78 is 9.10. The van der Waals surface area contributed by atoms with Crippen LogP contribution in [0, 0.1) is 0 Å². The number of hydrogen-bond donors (Lipinski definition) is 0. The van der Waals surface area contributed by atoms with Crippen LogP contribution in [0.2, 0.25) is 0 Å². The molecular formula is C19H12BrN7O2. The van der Waals surface area contributed by atoms with E-state index in [9.17, 15) is 4.79 Å². The minimum Gasteiger partial charge on any atom is -0.337 e. The second-order valence-corrected chi connectivity index (χ2v) is 7.12. The van der Waals surface area contributed by atoms with Gasteiger partial charge in [0.1, 0.15) is 12.9 Å². The highest BCUT2D eigenvalue weighted by Crippen LogP contribution is 2.20. The fourth-order valence-electron chi connectivity index (χ4n) is 2.91. The lowest BCUT2D eigenvalue weighted by molar-refractivity contribution is 0.369. The maximum atomic E-state index is 12.8. The van der Waals surface area contributed by atoms with E-state index in [1.54, 1.807) is 0 Å². The van der Waals surface area contributed by atoms with Crippen molar-refractivity contribution >= 4 is 27.1 Å². The molecule has 0 spiro atoms. The number of nitrogens with zero attached hydrogens (tertiary/aromatic N) is 7. The SMILES string of the molecule is O=c1c2nnn(-c3ccccc3)c2ncn1Cc1nc(-c2cccc(Br)c2)no1. The first-order valence-electron chi connectivity index (χ1n) is 8.64. The van der Waals surface area contributed by atoms with Gasteiger partial charge in [-0.05, 0) is 24.3 Å². The molecule has 0 aliphatic carbocycles. The molecule has 0 saturated carbocycles. The molecule has 0 N–H and O–H groups in total. The average molecular weight is 450 g/mol. The maximum absolute atomic E-state index is 12.8. The highest BCUT2D eigenvalue weighted by Gasteiger charge is 2.15. The molecule has 142 valence electrons. The Labute approximate surface area is 171 Å². The summed E-state index contributed by atoms with van der Waals surface area (Å²) in [7, 11) is 0. The third kappa shape index (κ3) is 3.23. The summed E-state index contributed by atoms with van der Waals surface area (Å²) in [6.07, 6.45) is 1.43. The second kappa shape index (κ2) is 7.06. The Morgan fingerprint density at radius 3 is 2.76 bits per heavy atom. The molecule has 9 nitrogen and oxygen atoms in total. The summed E-state index contributed by atoms with van der Waals surface area (Å²) in [5, 5.41) is 12.1. The van der Waals surface area contributed by atoms with Crippen molar-refractivity contribution in [3.63, 3.8) is 0 Å². The lowest BCUT2D eigenvalue weighted by Crippen LogP contribution is -2.21. The van der Waals surface area contributed by atoms with Gasteiger partial charge in [-0.1, -0.05) is 56.6 Å². The van der Waals surface area contributed by atoms with Crippen LogP contribution < -0.4 is 5.56 Å². The Balaban J connectivity index is 1.48. The fraction of sp³-hybridized carbons (Fsp3) is 0.0526. The first-order valence-corrected chi connectivity index (χ1v) is 9.43. The molecule has 0 amide bonds. The highest BCUT2D eigenvalue weighted by molar-refractivity contribution is 9.10. The van der Waals surface area contributed by atoms with Crippen molar-refractivity contribution in [2.24, 2.45) is 0 Å². The molecule has 2 aromatic carbocycles. The fourth-order valence-corrected chi connectivity index (χ4v) is 3.31. The first-order chi connectivity index (χ1) is 14.2. The van der Waals surface area contributed by atoms with Crippen LogP contribution in [-0.4, -0.2) is 34.7 Å². The van der Waals surface area contributed by atoms with Crippen LogP contribution in [0.4, 0.5) is 0 Å². The van der Waals surface area contributed by atoms with Crippen LogP contribution in [0.3, 0.4) is 0 Å². The van der Waals surface area contributed by atoms with E-state index in [4.69, 9.17) is 4.52 Å². The molecule has 0 unspecified atom stereocenters. The molecule has 5 rings (SSSR count). The van der Waals surface area contributed by atoms with Crippen molar-refractivity contribution in [2.45, 2.75) is 6.54 Å². The van der Waals surface area contributed by atoms with Crippen molar-refractivity contribution in [1.82, 2.24) is 34.7 Å². The molecule has 3 aromatic heterocycles. The largest absolute Gasteiger partial charge is 0.337 e. The molecule has 29 heavy (non-hydrogen) atoms. The molecule has 3 heterocycles. The minimum absolute atomic E-state index is 0.0843. The Morgan fingerprint density at radius 2 is 1.93 bits per heavy atom. The van der Waals surface area contributed by atoms with Crippen molar-refractivity contribution < 1.29 is 4.52 Å². The predicted molar refractivity (Wildman–Crippen MR) is 107 cm³/mol. The van der Waals surface area contributed by atoms with Crippen LogP contribution >= 0.6 is 15.9 Å². The van der Waals surface area contributed by atoms with Gasteiger partial charge in [0.15, 0.2) is 11.2 Å². The molecule has 0 radical (unpaired) electrons. The van der Waals surface area contributed by atoms with E-state index in [0.29, 0.717) is 17.4 Å². The van der Waals surface area contributed by atoms with Gasteiger partial charge < -0.3 is 4.52 Å². The Hall–Kier alpha value is -3.66. The van der Waals surface area contributed by atoms with Gasteiger partial charge in [0.05, 0.1) is 5.69 Å². The minimum atomic E-state index is -0.334. The molecule has 0 aliphatic rings. The zero-order valence-corrected chi connectivity index (χ0v) is 16.4. The number of halogens is 1. The number of fused-ring (bicyclic) bond motifs is 1. The van der Waals surface area contributed by atoms with Crippen LogP contribution in [0.25, 0.3) is 28.2 Å². The van der Waals surface area contributed by atoms with Gasteiger partial charge in [-0.15, -0.1) is 5.10 Å². The van der Waals surface area contributed by atoms with Gasteiger partial charge in [0.25, 0.3) is 5.56 Å². The monoisotopic (exact) mass is 449 g/mol. The Kier molecular flexibility index (Phi) is 4.24. The summed E-state index contributed by atoms with van der Waals surface area (Å²) in [6.45, 7) is 0.0843. The maximum Gasteiger partial charge on any atom is 0.284 e. The quantitative estimate of drug-likeness (QED) is 0.415. The van der Waals surface area contributed by atoms with E-state index >= 15 is 0 Å². The van der Waals surface area contributed by atoms with Crippen LogP contribution in [0.15, 0.2) is 74.7 Å². The van der Waals surface area contributed by atoms with E-state index in [-0.39, 0.29) is 17.6 Å². The van der Waals surface area contributed by atoms with Crippen LogP contribution in [-0.2, 0) is 6.54 Å². The van der Waals surface area contributed by atoms with Crippen LogP contribution in [0.5, 0.6) is 0 Å². The predicted octanol–water partition coefficient (Wildman–Crippen LogP) is 2.84. The highest BCUT2D eigenvalue weighted by atomic mass is 79.9. The topological polar surface area (TPSA) is 105 Å². The number of aromatic nitrogens is 7. The lowest BCUT2D eigenvalue weighted by atomic mass is 10.2. The molecule has 0 atom stereocenters. The molecule has 0 bridgehead atoms. The Bertz CT molecular complexity index is 1370. The van der Waals surface area contributed by atoms with Gasteiger partial charge in [-0.2, -0.15) is 9.67 Å². The normalized spacial score (nSPS) is 11.2. The van der Waals surface area contributed by atoms with Crippen molar-refractivity contribution in [1.29, 1.82) is 0 Å². The van der Waals surface area contributed by atoms with Crippen molar-refractivity contribution in [3.05, 3.63) is 81.6 Å². The van der Waals surface area contributed by atoms with Gasteiger partial charge >= 0.3 is 0 Å². The number of para-hydroxylation sites is 1. The standard InChI is InChI=1S/C19H12BrN7O2/c20-13-6-4-5-12(9-13)17-22-15(29-24-17)10-26-11-21-18-16(19(26)28)23-25-27(18)14-7-2-1-3-8-14/h1-9,11H,10H2. The summed E-state index contributed by atoms with van der Waals surface area (Å²) in [5.41, 5.74) is 1.80. The van der Waals surface area contributed by atoms with Crippen molar-refractivity contribution in [2.75, 3.05) is 0 Å². The molecule has 0 fully saturated rings. The lowest BCUT2D eigenvalue weighted by Gasteiger charge is -2.02. The zero-order chi connectivity index (χ0) is 19.8. The number of hydrogen-bond acceptors (Lipinski definition) is 7. The molecular weight excluding hydrogens is 438 g/mol. The number of rotatable bonds is 4. The third-order valence-corrected chi connectivity index (χ3v) is 4.78. The smallest absolute Gasteiger partial charge is 0.284 e. The molecule has 0 saturated heterocycles. The van der Waals surface area contributed by atoms with E-state index < -0.39 is 0 Å². The third-order valence-electron chi connectivity index (χ3n) is 4.29. The van der Waals surface area contributed by atoms with E-state index in [0.717, 1.165) is 15.7 Å². The van der Waals surface area contributed by atoms with Gasteiger partial charge in [0.2, 0.25) is 11.7 Å². The van der Waals surface area contributed by atoms with Gasteiger partial charge in [-0.3, -0.25) is 9.36 Å². The van der Waals surface area contributed by atoms with Gasteiger partial charge in [0, 0.05) is 10.0 Å². The first kappa shape index (κ1) is 17.4. The van der Waals surface area contributed by atoms with Crippen molar-refractivity contribution in [3.8, 4) is 17.1 Å². The zero-order valence-electron chi connectivity index (χ0n) is 14.8. The summed E-state index contributed by atoms with van der Waals surface area (Å²) in [4.78, 5) is 21.5. The molecule has 10 heteroatoms. The summed E-state index contributed by atoms with van der Waals surface area (Å²) >= 11 is 3.42. The summed E-state index contributed by atoms with van der Waals surface area (Å²) in [5.74, 6) is 0.733. The average Bonchev–Trinajstić information content (AvgIpc) is 3.38. The van der Waals surface area contributed by atoms with Gasteiger partial charge in [-0.25, -0.2) is 4.98 Å². The van der Waals surface area contributed by atoms with E-state index in [1.807, 2.05) is 54.6 Å². The second-order valence-electron chi connectivity index (χ2n) is 6.21. The summed E-state index contributed by atoms with van der Waals surface area (Å²) in [6, 6.07) is 16.9. The molecule has 0 aliphatic heterocycles. The Morgan fingerprint density at radius 1 is 1.07 bits per heavy atom. The van der Waals surface area contributed by atoms with E-state index in [1.165, 1.54) is 15.6 Å². The van der Waals surface area contributed by atoms with Crippen LogP contribution in [0.1, 0.15) is 5.89 Å². The number of benzene rings is 2.